The van der Waals surface area contributed by atoms with Gasteiger partial charge >= 0.3 is 0 Å². The van der Waals surface area contributed by atoms with Crippen molar-refractivity contribution in [3.63, 3.8) is 0 Å². The molecular weight excluding hydrogens is 897 g/mol. The molecule has 0 atom stereocenters. The van der Waals surface area contributed by atoms with E-state index in [9.17, 15) is 0 Å². The maximum absolute atomic E-state index is 2.41. The van der Waals surface area contributed by atoms with Gasteiger partial charge in [0.05, 0.1) is 33.4 Å². The summed E-state index contributed by atoms with van der Waals surface area (Å²) in [5.41, 5.74) is 15.9. The Morgan fingerprint density at radius 2 is 0.581 bits per heavy atom. The van der Waals surface area contributed by atoms with Crippen LogP contribution in [0.4, 0.5) is 34.1 Å². The van der Waals surface area contributed by atoms with Crippen LogP contribution in [0, 0.1) is 0 Å². The molecular formula is C70H48N4. The van der Waals surface area contributed by atoms with Crippen LogP contribution < -0.4 is 9.80 Å². The number of para-hydroxylation sites is 4. The predicted molar refractivity (Wildman–Crippen MR) is 315 cm³/mol. The van der Waals surface area contributed by atoms with Gasteiger partial charge in [0.15, 0.2) is 0 Å². The largest absolute Gasteiger partial charge is 0.310 e. The van der Waals surface area contributed by atoms with Gasteiger partial charge in [0.1, 0.15) is 0 Å². The Kier molecular flexibility index (Phi) is 10.5. The lowest BCUT2D eigenvalue weighted by Crippen LogP contribution is -2.10. The normalized spacial score (nSPS) is 11.7. The SMILES string of the molecule is C(=Cc1ccc(N(c2ccc3c(c2)c2ccccc2n3-c2ccccc2)c2cccc3ccccc23)cc1)c1ccc(N(c2ccc3c(c2)c2ccccc2n3-c2ccccc2)c2cccc3ccccc23)cc1. The number of nitrogens with zero attached hydrogens (tertiary/aromatic N) is 4. The van der Waals surface area contributed by atoms with E-state index in [-0.39, 0.29) is 0 Å². The van der Waals surface area contributed by atoms with Crippen LogP contribution in [0.5, 0.6) is 0 Å². The second-order valence-electron chi connectivity index (χ2n) is 19.0. The molecule has 0 aliphatic carbocycles. The van der Waals surface area contributed by atoms with Gasteiger partial charge in [-0.3, -0.25) is 0 Å². The molecule has 0 radical (unpaired) electrons. The molecule has 0 N–H and O–H groups in total. The lowest BCUT2D eigenvalue weighted by Gasteiger charge is -2.27. The third-order valence-corrected chi connectivity index (χ3v) is 14.6. The van der Waals surface area contributed by atoms with Gasteiger partial charge in [-0.2, -0.15) is 0 Å². The molecule has 0 saturated heterocycles. The van der Waals surface area contributed by atoms with Crippen molar-refractivity contribution >= 4 is 111 Å². The molecule has 0 saturated carbocycles. The number of fused-ring (bicyclic) bond motifs is 8. The topological polar surface area (TPSA) is 16.3 Å². The zero-order valence-electron chi connectivity index (χ0n) is 40.5. The Morgan fingerprint density at radius 1 is 0.243 bits per heavy atom. The van der Waals surface area contributed by atoms with Gasteiger partial charge in [-0.05, 0) is 131 Å². The molecule has 0 unspecified atom stereocenters. The van der Waals surface area contributed by atoms with Gasteiger partial charge in [-0.25, -0.2) is 0 Å². The van der Waals surface area contributed by atoms with E-state index in [2.05, 4.69) is 310 Å². The Labute approximate surface area is 429 Å². The highest BCUT2D eigenvalue weighted by Crippen LogP contribution is 2.44. The van der Waals surface area contributed by atoms with Gasteiger partial charge < -0.3 is 18.9 Å². The van der Waals surface area contributed by atoms with E-state index in [4.69, 9.17) is 0 Å². The molecule has 74 heavy (non-hydrogen) atoms. The third-order valence-electron chi connectivity index (χ3n) is 14.6. The van der Waals surface area contributed by atoms with Crippen molar-refractivity contribution in [2.24, 2.45) is 0 Å². The van der Waals surface area contributed by atoms with Crippen molar-refractivity contribution in [2.45, 2.75) is 0 Å². The van der Waals surface area contributed by atoms with Crippen molar-refractivity contribution in [2.75, 3.05) is 9.80 Å². The van der Waals surface area contributed by atoms with Crippen molar-refractivity contribution in [1.82, 2.24) is 9.13 Å². The van der Waals surface area contributed by atoms with E-state index in [1.165, 1.54) is 65.2 Å². The van der Waals surface area contributed by atoms with E-state index < -0.39 is 0 Å². The summed E-state index contributed by atoms with van der Waals surface area (Å²) >= 11 is 0. The van der Waals surface area contributed by atoms with E-state index in [1.807, 2.05) is 0 Å². The Bertz CT molecular complexity index is 4120. The fourth-order valence-electron chi connectivity index (χ4n) is 11.2. The second-order valence-corrected chi connectivity index (χ2v) is 19.0. The van der Waals surface area contributed by atoms with Crippen LogP contribution in [0.25, 0.3) is 88.7 Å². The van der Waals surface area contributed by atoms with Crippen LogP contribution in [-0.2, 0) is 0 Å². The minimum absolute atomic E-state index is 1.09. The highest BCUT2D eigenvalue weighted by atomic mass is 15.2. The van der Waals surface area contributed by atoms with Gasteiger partial charge in [0.25, 0.3) is 0 Å². The molecule has 4 nitrogen and oxygen atoms in total. The number of aromatic nitrogens is 2. The molecule has 14 rings (SSSR count). The van der Waals surface area contributed by atoms with Crippen molar-refractivity contribution in [3.8, 4) is 11.4 Å². The molecule has 4 heteroatoms. The quantitative estimate of drug-likeness (QED) is 0.127. The number of hydrogen-bond acceptors (Lipinski definition) is 2. The van der Waals surface area contributed by atoms with Crippen LogP contribution in [-0.4, -0.2) is 9.13 Å². The van der Waals surface area contributed by atoms with Crippen molar-refractivity contribution < 1.29 is 0 Å². The number of benzene rings is 12. The van der Waals surface area contributed by atoms with Crippen LogP contribution in [0.15, 0.2) is 279 Å². The van der Waals surface area contributed by atoms with Gasteiger partial charge in [-0.15, -0.1) is 0 Å². The van der Waals surface area contributed by atoms with Gasteiger partial charge in [0.2, 0.25) is 0 Å². The summed E-state index contributed by atoms with van der Waals surface area (Å²) in [7, 11) is 0. The first-order valence-electron chi connectivity index (χ1n) is 25.3. The summed E-state index contributed by atoms with van der Waals surface area (Å²) in [6.45, 7) is 0. The minimum atomic E-state index is 1.09. The van der Waals surface area contributed by atoms with Gasteiger partial charge in [-0.1, -0.05) is 182 Å². The molecule has 0 aliphatic rings. The summed E-state index contributed by atoms with van der Waals surface area (Å²) in [5.74, 6) is 0. The average molecular weight is 945 g/mol. The van der Waals surface area contributed by atoms with E-state index in [0.29, 0.717) is 0 Å². The minimum Gasteiger partial charge on any atom is -0.310 e. The van der Waals surface area contributed by atoms with Crippen LogP contribution in [0.1, 0.15) is 11.1 Å². The third kappa shape index (κ3) is 7.39. The first-order valence-corrected chi connectivity index (χ1v) is 25.3. The lowest BCUT2D eigenvalue weighted by molar-refractivity contribution is 1.18. The smallest absolute Gasteiger partial charge is 0.0542 e. The van der Waals surface area contributed by atoms with Crippen molar-refractivity contribution in [3.05, 3.63) is 290 Å². The maximum atomic E-state index is 2.41. The van der Waals surface area contributed by atoms with E-state index in [0.717, 1.165) is 56.6 Å². The first-order chi connectivity index (χ1) is 36.7. The number of rotatable bonds is 10. The van der Waals surface area contributed by atoms with Crippen LogP contribution in [0.3, 0.4) is 0 Å². The molecule has 0 fully saturated rings. The van der Waals surface area contributed by atoms with Gasteiger partial charge in [0, 0.05) is 66.4 Å². The molecule has 0 amide bonds. The van der Waals surface area contributed by atoms with Crippen molar-refractivity contribution in [1.29, 1.82) is 0 Å². The molecule has 348 valence electrons. The standard InChI is InChI=1S/C70H48N4/c1-3-21-53(22-4-1)73-67-29-13-11-27-61(67)63-47-57(43-45-69(63)73)71(65-31-15-19-51-17-7-9-25-59(51)65)55-39-35-49(36-40-55)33-34-50-37-41-56(42-38-50)72(66-32-16-20-52-18-8-10-26-60(52)66)58-44-46-70-64(48-58)62-28-12-14-30-68(62)74(70)54-23-5-2-6-24-54/h1-48H. The maximum Gasteiger partial charge on any atom is 0.0542 e. The average Bonchev–Trinajstić information content (AvgIpc) is 4.01. The Hall–Kier alpha value is -9.90. The number of anilines is 6. The highest BCUT2D eigenvalue weighted by Gasteiger charge is 2.21. The van der Waals surface area contributed by atoms with Crippen LogP contribution >= 0.6 is 0 Å². The molecule has 2 aromatic heterocycles. The first kappa shape index (κ1) is 42.9. The highest BCUT2D eigenvalue weighted by molar-refractivity contribution is 6.13. The summed E-state index contributed by atoms with van der Waals surface area (Å²) in [6.07, 6.45) is 4.43. The summed E-state index contributed by atoms with van der Waals surface area (Å²) < 4.78 is 4.75. The molecule has 0 spiro atoms. The molecule has 0 aliphatic heterocycles. The zero-order valence-corrected chi connectivity index (χ0v) is 40.5. The molecule has 14 aromatic rings. The fourth-order valence-corrected chi connectivity index (χ4v) is 11.2. The lowest BCUT2D eigenvalue weighted by atomic mass is 10.0. The zero-order chi connectivity index (χ0) is 49.0. The monoisotopic (exact) mass is 944 g/mol. The van der Waals surface area contributed by atoms with E-state index >= 15 is 0 Å². The molecule has 2 heterocycles. The summed E-state index contributed by atoms with van der Waals surface area (Å²) in [4.78, 5) is 4.81. The summed E-state index contributed by atoms with van der Waals surface area (Å²) in [6, 6.07) is 101. The number of hydrogen-bond donors (Lipinski definition) is 0. The Balaban J connectivity index is 0.818. The fraction of sp³-hybridized carbons (Fsp3) is 0. The predicted octanol–water partition coefficient (Wildman–Crippen LogP) is 19.3. The molecule has 0 bridgehead atoms. The molecule has 12 aromatic carbocycles. The Morgan fingerprint density at radius 3 is 1.01 bits per heavy atom. The summed E-state index contributed by atoms with van der Waals surface area (Å²) in [5, 5.41) is 9.69. The van der Waals surface area contributed by atoms with Crippen LogP contribution in [0.2, 0.25) is 0 Å². The second kappa shape index (κ2) is 18.1. The van der Waals surface area contributed by atoms with E-state index in [1.54, 1.807) is 0 Å².